The molecule has 0 saturated carbocycles. The van der Waals surface area contributed by atoms with Crippen LogP contribution in [0.4, 0.5) is 4.79 Å². The molecule has 0 aromatic heterocycles. The molecule has 1 aromatic carbocycles. The Morgan fingerprint density at radius 1 is 1.10 bits per heavy atom. The minimum absolute atomic E-state index is 0.102. The first-order valence-corrected chi connectivity index (χ1v) is 9.88. The minimum atomic E-state index is -1.31. The van der Waals surface area contributed by atoms with Crippen LogP contribution in [0, 0.1) is 0 Å². The minimum Gasteiger partial charge on any atom is -0.494 e. The standard InChI is InChI=1S/C20H31BN2O7/c1-19(2)20(3,4)30-21(29-19)16(11-12-28-14-9-7-6-8-10-14)23-17(24)15(13-27-5)22-18(25)26/h6-10,15-16,22H,11-13H2,1-5H3,(H,23,24)(H,25,26)/t15?,16-/m0/s1. The van der Waals surface area contributed by atoms with Gasteiger partial charge >= 0.3 is 13.2 Å². The van der Waals surface area contributed by atoms with Crippen molar-refractivity contribution >= 4 is 19.1 Å². The number of para-hydroxylation sites is 1. The Balaban J connectivity index is 2.09. The zero-order valence-corrected chi connectivity index (χ0v) is 18.1. The van der Waals surface area contributed by atoms with Gasteiger partial charge < -0.3 is 34.5 Å². The maximum absolute atomic E-state index is 12.7. The molecule has 1 aliphatic heterocycles. The fourth-order valence-electron chi connectivity index (χ4n) is 2.93. The Bertz CT molecular complexity index is 698. The van der Waals surface area contributed by atoms with E-state index in [0.29, 0.717) is 18.8 Å². The molecule has 1 aliphatic rings. The topological polar surface area (TPSA) is 115 Å². The van der Waals surface area contributed by atoms with Gasteiger partial charge in [-0.2, -0.15) is 0 Å². The number of carbonyl (C=O) groups excluding carboxylic acids is 1. The third-order valence-electron chi connectivity index (χ3n) is 5.32. The highest BCUT2D eigenvalue weighted by Gasteiger charge is 2.54. The van der Waals surface area contributed by atoms with Gasteiger partial charge in [-0.05, 0) is 39.8 Å². The van der Waals surface area contributed by atoms with Crippen LogP contribution in [0.3, 0.4) is 0 Å². The third kappa shape index (κ3) is 6.35. The van der Waals surface area contributed by atoms with Crippen LogP contribution in [0.1, 0.15) is 34.1 Å². The Labute approximate surface area is 177 Å². The Kier molecular flexibility index (Phi) is 8.11. The molecule has 2 atom stereocenters. The van der Waals surface area contributed by atoms with Crippen LogP contribution in [-0.2, 0) is 18.8 Å². The third-order valence-corrected chi connectivity index (χ3v) is 5.32. The number of methoxy groups -OCH3 is 1. The maximum atomic E-state index is 12.7. The Hall–Kier alpha value is -2.30. The average Bonchev–Trinajstić information content (AvgIpc) is 2.88. The van der Waals surface area contributed by atoms with Crippen molar-refractivity contribution in [2.24, 2.45) is 0 Å². The van der Waals surface area contributed by atoms with E-state index >= 15 is 0 Å². The van der Waals surface area contributed by atoms with E-state index in [-0.39, 0.29) is 6.61 Å². The predicted molar refractivity (Wildman–Crippen MR) is 111 cm³/mol. The number of ether oxygens (including phenoxy) is 2. The number of hydrogen-bond donors (Lipinski definition) is 3. The van der Waals surface area contributed by atoms with Crippen molar-refractivity contribution in [3.05, 3.63) is 30.3 Å². The fourth-order valence-corrected chi connectivity index (χ4v) is 2.93. The van der Waals surface area contributed by atoms with E-state index in [4.69, 9.17) is 23.9 Å². The van der Waals surface area contributed by atoms with Crippen LogP contribution >= 0.6 is 0 Å². The average molecular weight is 422 g/mol. The van der Waals surface area contributed by atoms with E-state index in [1.165, 1.54) is 7.11 Å². The predicted octanol–water partition coefficient (Wildman–Crippen LogP) is 1.85. The number of benzene rings is 1. The summed E-state index contributed by atoms with van der Waals surface area (Å²) in [7, 11) is 0.676. The summed E-state index contributed by atoms with van der Waals surface area (Å²) in [6, 6.07) is 8.26. The largest absolute Gasteiger partial charge is 0.494 e. The monoisotopic (exact) mass is 422 g/mol. The van der Waals surface area contributed by atoms with Crippen molar-refractivity contribution in [3.8, 4) is 5.75 Å². The molecule has 0 aliphatic carbocycles. The van der Waals surface area contributed by atoms with E-state index < -0.39 is 42.3 Å². The van der Waals surface area contributed by atoms with Gasteiger partial charge in [0, 0.05) is 13.5 Å². The number of amides is 2. The summed E-state index contributed by atoms with van der Waals surface area (Å²) in [4.78, 5) is 23.7. The number of carboxylic acid groups (broad SMARTS) is 1. The number of nitrogens with one attached hydrogen (secondary N) is 2. The molecular formula is C20H31BN2O7. The molecule has 3 N–H and O–H groups in total. The summed E-state index contributed by atoms with van der Waals surface area (Å²) >= 11 is 0. The molecule has 0 spiro atoms. The molecule has 9 nitrogen and oxygen atoms in total. The normalized spacial score (nSPS) is 19.0. The van der Waals surface area contributed by atoms with Crippen molar-refractivity contribution in [3.63, 3.8) is 0 Å². The quantitative estimate of drug-likeness (QED) is 0.493. The summed E-state index contributed by atoms with van der Waals surface area (Å²) in [5.41, 5.74) is -1.15. The molecule has 10 heteroatoms. The first-order valence-electron chi connectivity index (χ1n) is 9.88. The second-order valence-electron chi connectivity index (χ2n) is 8.15. The molecule has 0 bridgehead atoms. The summed E-state index contributed by atoms with van der Waals surface area (Å²) in [6.45, 7) is 7.89. The summed E-state index contributed by atoms with van der Waals surface area (Å²) < 4.78 is 22.9. The van der Waals surface area contributed by atoms with E-state index in [1.807, 2.05) is 58.0 Å². The molecule has 0 radical (unpaired) electrons. The number of rotatable bonds is 10. The van der Waals surface area contributed by atoms with E-state index in [1.54, 1.807) is 0 Å². The van der Waals surface area contributed by atoms with Gasteiger partial charge in [0.1, 0.15) is 11.8 Å². The molecule has 2 rings (SSSR count). The van der Waals surface area contributed by atoms with Crippen molar-refractivity contribution in [2.45, 2.75) is 57.3 Å². The smallest absolute Gasteiger partial charge is 0.481 e. The lowest BCUT2D eigenvalue weighted by Gasteiger charge is -2.32. The van der Waals surface area contributed by atoms with Gasteiger partial charge in [-0.1, -0.05) is 18.2 Å². The molecule has 1 aromatic rings. The van der Waals surface area contributed by atoms with Gasteiger partial charge in [0.05, 0.1) is 30.4 Å². The molecule has 1 saturated heterocycles. The summed E-state index contributed by atoms with van der Waals surface area (Å²) in [5, 5.41) is 14.0. The molecule has 2 amide bonds. The highest BCUT2D eigenvalue weighted by atomic mass is 16.7. The van der Waals surface area contributed by atoms with Crippen LogP contribution in [0.5, 0.6) is 5.75 Å². The second-order valence-corrected chi connectivity index (χ2v) is 8.15. The van der Waals surface area contributed by atoms with E-state index in [2.05, 4.69) is 10.6 Å². The molecule has 166 valence electrons. The highest BCUT2D eigenvalue weighted by molar-refractivity contribution is 6.48. The molecule has 1 fully saturated rings. The molecule has 1 heterocycles. The first-order chi connectivity index (χ1) is 14.1. The zero-order valence-electron chi connectivity index (χ0n) is 18.1. The van der Waals surface area contributed by atoms with Crippen LogP contribution in [0.15, 0.2) is 30.3 Å². The van der Waals surface area contributed by atoms with Gasteiger partial charge in [0.25, 0.3) is 0 Å². The zero-order chi connectivity index (χ0) is 22.4. The fraction of sp³-hybridized carbons (Fsp3) is 0.600. The van der Waals surface area contributed by atoms with Gasteiger partial charge in [0.15, 0.2) is 0 Å². The number of carbonyl (C=O) groups is 2. The Morgan fingerprint density at radius 3 is 2.23 bits per heavy atom. The highest BCUT2D eigenvalue weighted by Crippen LogP contribution is 2.37. The molecule has 1 unspecified atom stereocenters. The van der Waals surface area contributed by atoms with Crippen LogP contribution in [0.2, 0.25) is 0 Å². The van der Waals surface area contributed by atoms with Crippen LogP contribution < -0.4 is 15.4 Å². The van der Waals surface area contributed by atoms with Crippen LogP contribution in [0.25, 0.3) is 0 Å². The maximum Gasteiger partial charge on any atom is 0.481 e. The second kappa shape index (κ2) is 10.1. The van der Waals surface area contributed by atoms with Gasteiger partial charge in [0.2, 0.25) is 5.91 Å². The number of hydrogen-bond acceptors (Lipinski definition) is 6. The molecule has 30 heavy (non-hydrogen) atoms. The van der Waals surface area contributed by atoms with E-state index in [9.17, 15) is 9.59 Å². The summed E-state index contributed by atoms with van der Waals surface area (Å²) in [5.74, 6) is -0.378. The summed E-state index contributed by atoms with van der Waals surface area (Å²) in [6.07, 6.45) is -0.920. The van der Waals surface area contributed by atoms with Crippen molar-refractivity contribution in [2.75, 3.05) is 20.3 Å². The van der Waals surface area contributed by atoms with Crippen molar-refractivity contribution < 1.29 is 33.5 Å². The lowest BCUT2D eigenvalue weighted by molar-refractivity contribution is -0.124. The lowest BCUT2D eigenvalue weighted by atomic mass is 9.76. The van der Waals surface area contributed by atoms with Gasteiger partial charge in [-0.15, -0.1) is 0 Å². The van der Waals surface area contributed by atoms with E-state index in [0.717, 1.165) is 0 Å². The van der Waals surface area contributed by atoms with Gasteiger partial charge in [-0.25, -0.2) is 4.79 Å². The van der Waals surface area contributed by atoms with Gasteiger partial charge in [-0.3, -0.25) is 4.79 Å². The lowest BCUT2D eigenvalue weighted by Crippen LogP contribution is -2.56. The van der Waals surface area contributed by atoms with Crippen LogP contribution in [-0.4, -0.2) is 67.7 Å². The molecular weight excluding hydrogens is 391 g/mol. The van der Waals surface area contributed by atoms with Crippen molar-refractivity contribution in [1.82, 2.24) is 10.6 Å². The first kappa shape index (κ1) is 24.0. The van der Waals surface area contributed by atoms with Crippen molar-refractivity contribution in [1.29, 1.82) is 0 Å². The SMILES string of the molecule is COCC(NC(=O)O)C(=O)N[C@@H](CCOc1ccccc1)B1OC(C)(C)C(C)(C)O1. The Morgan fingerprint density at radius 2 is 1.70 bits per heavy atom.